The molecule has 0 radical (unpaired) electrons. The Morgan fingerprint density at radius 3 is 2.59 bits per heavy atom. The number of aromatic amines is 1. The van der Waals surface area contributed by atoms with Crippen LogP contribution in [0, 0.1) is 12.0 Å². The fourth-order valence-electron chi connectivity index (χ4n) is 5.20. The summed E-state index contributed by atoms with van der Waals surface area (Å²) >= 11 is 0. The molecule has 2 amide bonds. The van der Waals surface area contributed by atoms with Crippen LogP contribution in [0.2, 0.25) is 0 Å². The van der Waals surface area contributed by atoms with Crippen molar-refractivity contribution >= 4 is 28.9 Å². The topological polar surface area (TPSA) is 94.5 Å². The van der Waals surface area contributed by atoms with Gasteiger partial charge in [0.15, 0.2) is 0 Å². The number of benzene rings is 1. The van der Waals surface area contributed by atoms with Crippen LogP contribution in [0.1, 0.15) is 86.5 Å². The van der Waals surface area contributed by atoms with Crippen LogP contribution in [-0.2, 0) is 4.79 Å². The molecule has 4 rings (SSSR count). The molecule has 1 aromatic carbocycles. The van der Waals surface area contributed by atoms with E-state index in [9.17, 15) is 9.59 Å². The average Bonchev–Trinajstić information content (AvgIpc) is 3.38. The van der Waals surface area contributed by atoms with Crippen LogP contribution >= 0.6 is 0 Å². The molecular weight excluding hydrogens is 464 g/mol. The Kier molecular flexibility index (Phi) is 8.13. The van der Waals surface area contributed by atoms with Crippen LogP contribution in [-0.4, -0.2) is 53.4 Å². The molecule has 2 aromatic rings. The Labute approximate surface area is 219 Å². The van der Waals surface area contributed by atoms with E-state index in [1.165, 1.54) is 17.3 Å². The largest absolute Gasteiger partial charge is 0.363 e. The maximum atomic E-state index is 12.9. The molecule has 2 aliphatic rings. The van der Waals surface area contributed by atoms with E-state index in [1.807, 2.05) is 6.07 Å². The van der Waals surface area contributed by atoms with Crippen LogP contribution in [0.5, 0.6) is 0 Å². The fourth-order valence-corrected chi connectivity index (χ4v) is 5.20. The van der Waals surface area contributed by atoms with Gasteiger partial charge in [-0.25, -0.2) is 4.98 Å². The van der Waals surface area contributed by atoms with Crippen molar-refractivity contribution in [2.75, 3.05) is 26.0 Å². The number of hydrogen-bond donors (Lipinski definition) is 3. The molecule has 8 heteroatoms. The van der Waals surface area contributed by atoms with Gasteiger partial charge in [0.05, 0.1) is 12.7 Å². The zero-order chi connectivity index (χ0) is 26.6. The van der Waals surface area contributed by atoms with Crippen molar-refractivity contribution in [2.45, 2.75) is 70.8 Å². The third-order valence-electron chi connectivity index (χ3n) is 7.75. The minimum atomic E-state index is -0.348. The van der Waals surface area contributed by atoms with Gasteiger partial charge in [-0.1, -0.05) is 32.6 Å². The summed E-state index contributed by atoms with van der Waals surface area (Å²) in [5, 5.41) is 6.46. The number of nitrogens with zero attached hydrogens (tertiary/aromatic N) is 3. The van der Waals surface area contributed by atoms with E-state index < -0.39 is 0 Å². The Morgan fingerprint density at radius 2 is 1.97 bits per heavy atom. The maximum absolute atomic E-state index is 12.9. The summed E-state index contributed by atoms with van der Waals surface area (Å²) in [4.78, 5) is 36.6. The number of nitrogens with one attached hydrogen (secondary N) is 3. The van der Waals surface area contributed by atoms with Gasteiger partial charge in [-0.2, -0.15) is 0 Å². The van der Waals surface area contributed by atoms with Crippen molar-refractivity contribution in [2.24, 2.45) is 5.41 Å². The molecule has 1 saturated carbocycles. The van der Waals surface area contributed by atoms with Crippen LogP contribution in [0.3, 0.4) is 0 Å². The van der Waals surface area contributed by atoms with Gasteiger partial charge in [0.25, 0.3) is 5.82 Å². The van der Waals surface area contributed by atoms with Gasteiger partial charge in [0.2, 0.25) is 11.7 Å². The second-order valence-corrected chi connectivity index (χ2v) is 11.3. The molecule has 1 heterocycles. The summed E-state index contributed by atoms with van der Waals surface area (Å²) in [5.41, 5.74) is 4.71. The molecule has 0 aliphatic heterocycles. The zero-order valence-corrected chi connectivity index (χ0v) is 22.4. The molecule has 1 aromatic heterocycles. The normalized spacial score (nSPS) is 21.0. The number of likely N-dealkylation sites (N-methyl/N-ethyl adjacent to an activating group) is 1. The molecule has 8 nitrogen and oxygen atoms in total. The van der Waals surface area contributed by atoms with Gasteiger partial charge in [-0.15, -0.1) is 0 Å². The van der Waals surface area contributed by atoms with Crippen molar-refractivity contribution in [3.05, 3.63) is 58.8 Å². The molecular formula is C29H38N6O2. The summed E-state index contributed by atoms with van der Waals surface area (Å²) in [6.07, 6.45) is 11.0. The van der Waals surface area contributed by atoms with Crippen LogP contribution in [0.4, 0.5) is 11.5 Å². The predicted octanol–water partition coefficient (Wildman–Crippen LogP) is 5.51. The van der Waals surface area contributed by atoms with Crippen LogP contribution in [0.15, 0.2) is 30.5 Å². The highest BCUT2D eigenvalue weighted by Crippen LogP contribution is 2.42. The predicted molar refractivity (Wildman–Crippen MR) is 147 cm³/mol. The Morgan fingerprint density at radius 1 is 1.22 bits per heavy atom. The van der Waals surface area contributed by atoms with Gasteiger partial charge >= 0.3 is 5.91 Å². The molecule has 196 valence electrons. The van der Waals surface area contributed by atoms with E-state index in [2.05, 4.69) is 57.5 Å². The molecule has 0 atom stereocenters. The molecule has 2 aliphatic carbocycles. The number of amides is 2. The number of anilines is 1. The molecule has 0 unspecified atom stereocenters. The monoisotopic (exact) mass is 502 g/mol. The number of imidazole rings is 1. The number of rotatable bonds is 7. The first kappa shape index (κ1) is 26.6. The number of hydrogen-bond acceptors (Lipinski definition) is 4. The number of allylic oxidation sites excluding steroid dienone is 2. The van der Waals surface area contributed by atoms with Crippen LogP contribution < -0.4 is 10.6 Å². The van der Waals surface area contributed by atoms with Crippen molar-refractivity contribution in [3.63, 3.8) is 0 Å². The van der Waals surface area contributed by atoms with Gasteiger partial charge in [0, 0.05) is 31.4 Å². The quantitative estimate of drug-likeness (QED) is 0.435. The standard InChI is InChI=1S/C29H38N6O2/c1-29(2)14-12-20(13-15-29)23-16-21(19-6-9-22(10-7-19)31-18-26(36)35(4)5)8-11-24(23)33-28(37)27-32-17-25(30-3)34-27/h8,11-12,16-17,19,22,31H,6-7,9-10,13-15,18H2,1-2,4-5H3,(H,32,34)(H,33,37). The number of carbonyl (C=O) groups is 2. The van der Waals surface area contributed by atoms with Gasteiger partial charge in [-0.3, -0.25) is 14.6 Å². The molecule has 37 heavy (non-hydrogen) atoms. The first-order valence-corrected chi connectivity index (χ1v) is 13.2. The molecule has 0 spiro atoms. The van der Waals surface area contributed by atoms with Crippen molar-refractivity contribution in [1.82, 2.24) is 20.2 Å². The lowest BCUT2D eigenvalue weighted by Crippen LogP contribution is -2.40. The van der Waals surface area contributed by atoms with E-state index in [0.29, 0.717) is 18.5 Å². The van der Waals surface area contributed by atoms with Crippen molar-refractivity contribution in [1.29, 1.82) is 0 Å². The minimum absolute atomic E-state index is 0.105. The third kappa shape index (κ3) is 6.66. The first-order chi connectivity index (χ1) is 17.6. The van der Waals surface area contributed by atoms with E-state index >= 15 is 0 Å². The Hall–Kier alpha value is -3.44. The highest BCUT2D eigenvalue weighted by atomic mass is 16.2. The summed E-state index contributed by atoms with van der Waals surface area (Å²) in [6.45, 7) is 12.1. The highest BCUT2D eigenvalue weighted by molar-refractivity contribution is 6.03. The second-order valence-electron chi connectivity index (χ2n) is 11.3. The second kappa shape index (κ2) is 11.3. The van der Waals surface area contributed by atoms with Crippen molar-refractivity contribution < 1.29 is 9.59 Å². The van der Waals surface area contributed by atoms with E-state index in [1.54, 1.807) is 19.0 Å². The number of carbonyl (C=O) groups excluding carboxylic acids is 2. The summed E-state index contributed by atoms with van der Waals surface area (Å²) in [5.74, 6) is 0.596. The Bertz CT molecular complexity index is 1210. The molecule has 0 saturated heterocycles. The highest BCUT2D eigenvalue weighted by Gasteiger charge is 2.27. The molecule has 0 bridgehead atoms. The molecule has 3 N–H and O–H groups in total. The lowest BCUT2D eigenvalue weighted by Gasteiger charge is -2.31. The van der Waals surface area contributed by atoms with Gasteiger partial charge in [0.1, 0.15) is 0 Å². The van der Waals surface area contributed by atoms with Crippen molar-refractivity contribution in [3.8, 4) is 0 Å². The molecule has 1 fully saturated rings. The Balaban J connectivity index is 1.51. The van der Waals surface area contributed by atoms with E-state index in [-0.39, 0.29) is 28.9 Å². The maximum Gasteiger partial charge on any atom is 0.314 e. The lowest BCUT2D eigenvalue weighted by molar-refractivity contribution is -0.127. The van der Waals surface area contributed by atoms with E-state index in [4.69, 9.17) is 6.57 Å². The van der Waals surface area contributed by atoms with Crippen LogP contribution in [0.25, 0.3) is 10.4 Å². The summed E-state index contributed by atoms with van der Waals surface area (Å²) < 4.78 is 0. The summed E-state index contributed by atoms with van der Waals surface area (Å²) in [6, 6.07) is 6.78. The SMILES string of the molecule is [C-]#[N+]c1cnc(C(=O)Nc2ccc(C3CCC(NCC(=O)N(C)C)CC3)cc2C2=CCC(C)(C)CC2)[nH]1. The van der Waals surface area contributed by atoms with Gasteiger partial charge < -0.3 is 20.4 Å². The lowest BCUT2D eigenvalue weighted by atomic mass is 9.76. The average molecular weight is 503 g/mol. The van der Waals surface area contributed by atoms with E-state index in [0.717, 1.165) is 56.2 Å². The number of aromatic nitrogens is 2. The van der Waals surface area contributed by atoms with Gasteiger partial charge in [-0.05, 0) is 79.5 Å². The smallest absolute Gasteiger partial charge is 0.314 e. The first-order valence-electron chi connectivity index (χ1n) is 13.2. The minimum Gasteiger partial charge on any atom is -0.363 e. The third-order valence-corrected chi connectivity index (χ3v) is 7.75. The zero-order valence-electron chi connectivity index (χ0n) is 22.4. The fraction of sp³-hybridized carbons (Fsp3) is 0.517. The number of H-pyrrole nitrogens is 1. The summed E-state index contributed by atoms with van der Waals surface area (Å²) in [7, 11) is 3.57.